The number of hydrogen-bond donors (Lipinski definition) is 0. The van der Waals surface area contributed by atoms with Gasteiger partial charge >= 0.3 is 5.97 Å². The van der Waals surface area contributed by atoms with Gasteiger partial charge in [0.05, 0.1) is 19.8 Å². The first-order valence-corrected chi connectivity index (χ1v) is 5.00. The molecular formula is C11H11BrO3. The van der Waals surface area contributed by atoms with Gasteiger partial charge in [0.2, 0.25) is 0 Å². The minimum absolute atomic E-state index is 0.274. The summed E-state index contributed by atoms with van der Waals surface area (Å²) >= 11 is 3.32. The molecule has 0 unspecified atom stereocenters. The topological polar surface area (TPSA) is 35.5 Å². The molecule has 0 aliphatic carbocycles. The van der Waals surface area contributed by atoms with E-state index in [0.29, 0.717) is 11.3 Å². The van der Waals surface area contributed by atoms with E-state index in [-0.39, 0.29) is 5.57 Å². The second-order valence-electron chi connectivity index (χ2n) is 2.81. The zero-order chi connectivity index (χ0) is 11.4. The Labute approximate surface area is 96.8 Å². The number of ether oxygens (including phenoxy) is 2. The van der Waals surface area contributed by atoms with Crippen LogP contribution in [0.5, 0.6) is 5.75 Å². The SMILES string of the molecule is C=C(C(=O)OC)c1cc(Br)ccc1OC. The molecule has 0 radical (unpaired) electrons. The molecular weight excluding hydrogens is 260 g/mol. The minimum Gasteiger partial charge on any atom is -0.496 e. The molecule has 0 saturated heterocycles. The second kappa shape index (κ2) is 4.98. The van der Waals surface area contributed by atoms with Crippen LogP contribution >= 0.6 is 15.9 Å². The first-order chi connectivity index (χ1) is 7.10. The fourth-order valence-corrected chi connectivity index (χ4v) is 1.51. The molecule has 0 fully saturated rings. The van der Waals surface area contributed by atoms with Gasteiger partial charge in [-0.3, -0.25) is 0 Å². The van der Waals surface area contributed by atoms with Crippen LogP contribution in [0.3, 0.4) is 0 Å². The van der Waals surface area contributed by atoms with Gasteiger partial charge < -0.3 is 9.47 Å². The van der Waals surface area contributed by atoms with E-state index in [4.69, 9.17) is 4.74 Å². The van der Waals surface area contributed by atoms with Crippen LogP contribution in [0.4, 0.5) is 0 Å². The summed E-state index contributed by atoms with van der Waals surface area (Å²) in [6.45, 7) is 3.67. The molecule has 0 heterocycles. The number of methoxy groups -OCH3 is 2. The van der Waals surface area contributed by atoms with Gasteiger partial charge in [-0.1, -0.05) is 22.5 Å². The molecule has 0 aliphatic heterocycles. The third-order valence-corrected chi connectivity index (χ3v) is 2.41. The summed E-state index contributed by atoms with van der Waals surface area (Å²) in [7, 11) is 2.86. The van der Waals surface area contributed by atoms with E-state index in [0.717, 1.165) is 4.47 Å². The number of benzene rings is 1. The predicted octanol–water partition coefficient (Wildman–Crippen LogP) is 2.64. The molecule has 0 aliphatic rings. The third-order valence-electron chi connectivity index (χ3n) is 1.92. The normalized spacial score (nSPS) is 9.53. The fraction of sp³-hybridized carbons (Fsp3) is 0.182. The first kappa shape index (κ1) is 11.8. The van der Waals surface area contributed by atoms with Gasteiger partial charge in [-0.05, 0) is 18.2 Å². The van der Waals surface area contributed by atoms with Crippen LogP contribution in [0, 0.1) is 0 Å². The molecule has 0 amide bonds. The number of hydrogen-bond acceptors (Lipinski definition) is 3. The molecule has 3 nitrogen and oxygen atoms in total. The maximum atomic E-state index is 11.3. The number of carbonyl (C=O) groups excluding carboxylic acids is 1. The Morgan fingerprint density at radius 3 is 2.60 bits per heavy atom. The van der Waals surface area contributed by atoms with E-state index in [1.807, 2.05) is 6.07 Å². The highest BCUT2D eigenvalue weighted by Gasteiger charge is 2.14. The lowest BCUT2D eigenvalue weighted by atomic mass is 10.1. The smallest absolute Gasteiger partial charge is 0.337 e. The lowest BCUT2D eigenvalue weighted by Crippen LogP contribution is -2.04. The average molecular weight is 271 g/mol. The van der Waals surface area contributed by atoms with Crippen molar-refractivity contribution in [2.45, 2.75) is 0 Å². The highest BCUT2D eigenvalue weighted by atomic mass is 79.9. The molecule has 1 aromatic rings. The van der Waals surface area contributed by atoms with Gasteiger partial charge in [0.15, 0.2) is 0 Å². The molecule has 0 aromatic heterocycles. The summed E-state index contributed by atoms with van der Waals surface area (Å²) in [5.41, 5.74) is 0.898. The number of halogens is 1. The molecule has 0 spiro atoms. The summed E-state index contributed by atoms with van der Waals surface area (Å²) in [4.78, 5) is 11.3. The van der Waals surface area contributed by atoms with Crippen molar-refractivity contribution in [2.24, 2.45) is 0 Å². The van der Waals surface area contributed by atoms with Gasteiger partial charge in [0.25, 0.3) is 0 Å². The molecule has 4 heteroatoms. The van der Waals surface area contributed by atoms with Crippen LogP contribution < -0.4 is 4.74 Å². The van der Waals surface area contributed by atoms with E-state index < -0.39 is 5.97 Å². The summed E-state index contributed by atoms with van der Waals surface area (Å²) in [5, 5.41) is 0. The lowest BCUT2D eigenvalue weighted by molar-refractivity contribution is -0.133. The predicted molar refractivity (Wildman–Crippen MR) is 61.7 cm³/mol. The molecule has 0 saturated carbocycles. The summed E-state index contributed by atoms with van der Waals surface area (Å²) in [6.07, 6.45) is 0. The zero-order valence-electron chi connectivity index (χ0n) is 8.54. The number of rotatable bonds is 3. The van der Waals surface area contributed by atoms with Crippen LogP contribution in [0.1, 0.15) is 5.56 Å². The van der Waals surface area contributed by atoms with E-state index >= 15 is 0 Å². The highest BCUT2D eigenvalue weighted by molar-refractivity contribution is 9.10. The zero-order valence-corrected chi connectivity index (χ0v) is 10.1. The largest absolute Gasteiger partial charge is 0.496 e. The van der Waals surface area contributed by atoms with Crippen molar-refractivity contribution >= 4 is 27.5 Å². The molecule has 0 bridgehead atoms. The van der Waals surface area contributed by atoms with E-state index in [1.54, 1.807) is 12.1 Å². The van der Waals surface area contributed by atoms with Crippen molar-refractivity contribution in [1.29, 1.82) is 0 Å². The Hall–Kier alpha value is -1.29. The van der Waals surface area contributed by atoms with Crippen LogP contribution in [-0.4, -0.2) is 20.2 Å². The van der Waals surface area contributed by atoms with E-state index in [9.17, 15) is 4.79 Å². The molecule has 15 heavy (non-hydrogen) atoms. The number of carbonyl (C=O) groups is 1. The van der Waals surface area contributed by atoms with Crippen molar-refractivity contribution < 1.29 is 14.3 Å². The third kappa shape index (κ3) is 2.59. The Balaban J connectivity index is 3.17. The van der Waals surface area contributed by atoms with Gasteiger partial charge in [-0.15, -0.1) is 0 Å². The fourth-order valence-electron chi connectivity index (χ4n) is 1.15. The van der Waals surface area contributed by atoms with Gasteiger partial charge in [-0.25, -0.2) is 4.79 Å². The van der Waals surface area contributed by atoms with Crippen molar-refractivity contribution in [3.63, 3.8) is 0 Å². The maximum Gasteiger partial charge on any atom is 0.337 e. The Morgan fingerprint density at radius 2 is 2.07 bits per heavy atom. The maximum absolute atomic E-state index is 11.3. The van der Waals surface area contributed by atoms with Crippen molar-refractivity contribution in [3.8, 4) is 5.75 Å². The van der Waals surface area contributed by atoms with Gasteiger partial charge in [-0.2, -0.15) is 0 Å². The Bertz CT molecular complexity index is 399. The van der Waals surface area contributed by atoms with Gasteiger partial charge in [0, 0.05) is 10.0 Å². The standard InChI is InChI=1S/C11H11BrO3/c1-7(11(13)15-3)9-6-8(12)4-5-10(9)14-2/h4-6H,1H2,2-3H3. The van der Waals surface area contributed by atoms with Crippen LogP contribution in [0.25, 0.3) is 5.57 Å². The van der Waals surface area contributed by atoms with Crippen LogP contribution in [-0.2, 0) is 9.53 Å². The quantitative estimate of drug-likeness (QED) is 0.626. The molecule has 1 aromatic carbocycles. The molecule has 80 valence electrons. The average Bonchev–Trinajstić information content (AvgIpc) is 2.27. The minimum atomic E-state index is -0.466. The monoisotopic (exact) mass is 270 g/mol. The van der Waals surface area contributed by atoms with E-state index in [2.05, 4.69) is 27.2 Å². The van der Waals surface area contributed by atoms with Crippen molar-refractivity contribution in [1.82, 2.24) is 0 Å². The summed E-state index contributed by atoms with van der Waals surface area (Å²) < 4.78 is 10.6. The Kier molecular flexibility index (Phi) is 3.91. The lowest BCUT2D eigenvalue weighted by Gasteiger charge is -2.09. The van der Waals surface area contributed by atoms with Crippen LogP contribution in [0.2, 0.25) is 0 Å². The highest BCUT2D eigenvalue weighted by Crippen LogP contribution is 2.28. The molecule has 0 atom stereocenters. The van der Waals surface area contributed by atoms with Crippen LogP contribution in [0.15, 0.2) is 29.3 Å². The summed E-state index contributed by atoms with van der Waals surface area (Å²) in [6, 6.07) is 5.35. The number of esters is 1. The Morgan fingerprint density at radius 1 is 1.40 bits per heavy atom. The summed E-state index contributed by atoms with van der Waals surface area (Å²) in [5.74, 6) is 0.125. The van der Waals surface area contributed by atoms with Crippen molar-refractivity contribution in [3.05, 3.63) is 34.8 Å². The second-order valence-corrected chi connectivity index (χ2v) is 3.73. The van der Waals surface area contributed by atoms with E-state index in [1.165, 1.54) is 14.2 Å². The first-order valence-electron chi connectivity index (χ1n) is 4.21. The van der Waals surface area contributed by atoms with Gasteiger partial charge in [0.1, 0.15) is 5.75 Å². The molecule has 0 N–H and O–H groups in total. The molecule has 1 rings (SSSR count). The van der Waals surface area contributed by atoms with Crippen molar-refractivity contribution in [2.75, 3.05) is 14.2 Å².